The largest absolute Gasteiger partial charge is 0.475 e. The standard InChI is InChI=1S/C12H8F2O5S/c13-8-2-1-7(5-9(8)14)6-20(17,18)11-4-3-10(19-11)12(15)16/h1-5H,6H2,(H,15,16). The zero-order valence-corrected chi connectivity index (χ0v) is 10.7. The molecule has 0 radical (unpaired) electrons. The summed E-state index contributed by atoms with van der Waals surface area (Å²) in [5, 5.41) is 8.10. The molecule has 1 N–H and O–H groups in total. The van der Waals surface area contributed by atoms with E-state index in [1.54, 1.807) is 0 Å². The summed E-state index contributed by atoms with van der Waals surface area (Å²) in [5.74, 6) is -4.80. The highest BCUT2D eigenvalue weighted by molar-refractivity contribution is 7.90. The maximum absolute atomic E-state index is 13.0. The minimum absolute atomic E-state index is 0.0252. The second-order valence-corrected chi connectivity index (χ2v) is 5.85. The summed E-state index contributed by atoms with van der Waals surface area (Å²) in [6, 6.07) is 4.69. The van der Waals surface area contributed by atoms with Crippen LogP contribution in [0.15, 0.2) is 39.8 Å². The number of benzene rings is 1. The van der Waals surface area contributed by atoms with Crippen LogP contribution in [-0.2, 0) is 15.6 Å². The first-order chi connectivity index (χ1) is 9.29. The van der Waals surface area contributed by atoms with Crippen molar-refractivity contribution in [3.8, 4) is 0 Å². The van der Waals surface area contributed by atoms with Crippen molar-refractivity contribution in [2.45, 2.75) is 10.8 Å². The van der Waals surface area contributed by atoms with E-state index < -0.39 is 44.0 Å². The number of carboxylic acids is 1. The molecule has 1 aromatic heterocycles. The molecule has 0 spiro atoms. The molecule has 1 heterocycles. The second kappa shape index (κ2) is 5.04. The lowest BCUT2D eigenvalue weighted by atomic mass is 10.2. The molecule has 1 aromatic carbocycles. The van der Waals surface area contributed by atoms with Gasteiger partial charge in [-0.1, -0.05) is 6.07 Å². The molecule has 0 unspecified atom stereocenters. The van der Waals surface area contributed by atoms with Gasteiger partial charge in [0, 0.05) is 0 Å². The number of sulfone groups is 1. The number of aromatic carboxylic acids is 1. The lowest BCUT2D eigenvalue weighted by Gasteiger charge is -2.02. The molecule has 0 amide bonds. The van der Waals surface area contributed by atoms with Gasteiger partial charge in [0.1, 0.15) is 0 Å². The lowest BCUT2D eigenvalue weighted by molar-refractivity contribution is 0.0656. The highest BCUT2D eigenvalue weighted by Crippen LogP contribution is 2.20. The molecule has 0 atom stereocenters. The molecule has 0 bridgehead atoms. The van der Waals surface area contributed by atoms with Gasteiger partial charge in [-0.15, -0.1) is 0 Å². The zero-order valence-electron chi connectivity index (χ0n) is 9.84. The Hall–Kier alpha value is -2.22. The number of halogens is 2. The Balaban J connectivity index is 2.30. The van der Waals surface area contributed by atoms with Crippen molar-refractivity contribution in [2.24, 2.45) is 0 Å². The molecule has 2 rings (SSSR count). The van der Waals surface area contributed by atoms with Crippen LogP contribution in [0.5, 0.6) is 0 Å². The van der Waals surface area contributed by atoms with E-state index in [2.05, 4.69) is 4.42 Å². The molecule has 0 aliphatic carbocycles. The molecule has 5 nitrogen and oxygen atoms in total. The normalized spacial score (nSPS) is 11.5. The van der Waals surface area contributed by atoms with Crippen LogP contribution in [0.3, 0.4) is 0 Å². The molecular formula is C12H8F2O5S. The number of hydrogen-bond donors (Lipinski definition) is 1. The number of carboxylic acid groups (broad SMARTS) is 1. The van der Waals surface area contributed by atoms with E-state index >= 15 is 0 Å². The van der Waals surface area contributed by atoms with Gasteiger partial charge < -0.3 is 9.52 Å². The summed E-state index contributed by atoms with van der Waals surface area (Å²) in [4.78, 5) is 10.6. The van der Waals surface area contributed by atoms with Gasteiger partial charge in [0.25, 0.3) is 0 Å². The van der Waals surface area contributed by atoms with E-state index in [1.165, 1.54) is 0 Å². The monoisotopic (exact) mass is 302 g/mol. The maximum Gasteiger partial charge on any atom is 0.371 e. The molecule has 2 aromatic rings. The summed E-state index contributed by atoms with van der Waals surface area (Å²) in [6.45, 7) is 0. The number of rotatable bonds is 4. The predicted molar refractivity (Wildman–Crippen MR) is 62.9 cm³/mol. The van der Waals surface area contributed by atoms with E-state index in [9.17, 15) is 22.0 Å². The third-order valence-electron chi connectivity index (χ3n) is 2.44. The van der Waals surface area contributed by atoms with Gasteiger partial charge in [0.2, 0.25) is 20.7 Å². The van der Waals surface area contributed by atoms with Crippen LogP contribution in [0.25, 0.3) is 0 Å². The average molecular weight is 302 g/mol. The van der Waals surface area contributed by atoms with Crippen molar-refractivity contribution in [1.82, 2.24) is 0 Å². The highest BCUT2D eigenvalue weighted by atomic mass is 32.2. The fourth-order valence-electron chi connectivity index (χ4n) is 1.52. The molecule has 0 fully saturated rings. The molecule has 0 aliphatic rings. The Labute approximate surface area is 112 Å². The minimum Gasteiger partial charge on any atom is -0.475 e. The number of carbonyl (C=O) groups is 1. The van der Waals surface area contributed by atoms with Crippen molar-refractivity contribution in [2.75, 3.05) is 0 Å². The van der Waals surface area contributed by atoms with Gasteiger partial charge in [-0.25, -0.2) is 22.0 Å². The highest BCUT2D eigenvalue weighted by Gasteiger charge is 2.22. The van der Waals surface area contributed by atoms with Crippen LogP contribution in [0.4, 0.5) is 8.78 Å². The number of hydrogen-bond acceptors (Lipinski definition) is 4. The molecule has 0 aliphatic heterocycles. The minimum atomic E-state index is -3.97. The quantitative estimate of drug-likeness (QED) is 0.936. The summed E-state index contributed by atoms with van der Waals surface area (Å²) in [6.07, 6.45) is 0. The molecule has 20 heavy (non-hydrogen) atoms. The maximum atomic E-state index is 13.0. The Bertz CT molecular complexity index is 764. The summed E-state index contributed by atoms with van der Waals surface area (Å²) < 4.78 is 54.3. The summed E-state index contributed by atoms with van der Waals surface area (Å²) >= 11 is 0. The van der Waals surface area contributed by atoms with Crippen LogP contribution >= 0.6 is 0 Å². The smallest absolute Gasteiger partial charge is 0.371 e. The van der Waals surface area contributed by atoms with Crippen LogP contribution in [-0.4, -0.2) is 19.5 Å². The first-order valence-corrected chi connectivity index (χ1v) is 6.94. The molecule has 0 saturated carbocycles. The fourth-order valence-corrected chi connectivity index (χ4v) is 2.77. The van der Waals surface area contributed by atoms with E-state index in [0.29, 0.717) is 0 Å². The molecule has 8 heteroatoms. The molecular weight excluding hydrogens is 294 g/mol. The van der Waals surface area contributed by atoms with Crippen molar-refractivity contribution in [3.05, 3.63) is 53.3 Å². The third-order valence-corrected chi connectivity index (χ3v) is 3.99. The van der Waals surface area contributed by atoms with Crippen molar-refractivity contribution in [1.29, 1.82) is 0 Å². The first kappa shape index (κ1) is 14.2. The van der Waals surface area contributed by atoms with E-state index in [1.807, 2.05) is 0 Å². The van der Waals surface area contributed by atoms with E-state index in [0.717, 1.165) is 30.3 Å². The van der Waals surface area contributed by atoms with E-state index in [-0.39, 0.29) is 5.56 Å². The second-order valence-electron chi connectivity index (χ2n) is 3.93. The van der Waals surface area contributed by atoms with Crippen LogP contribution in [0.1, 0.15) is 16.1 Å². The van der Waals surface area contributed by atoms with Crippen LogP contribution < -0.4 is 0 Å². The zero-order chi connectivity index (χ0) is 14.9. The number of furan rings is 1. The lowest BCUT2D eigenvalue weighted by Crippen LogP contribution is -2.04. The van der Waals surface area contributed by atoms with Crippen LogP contribution in [0, 0.1) is 11.6 Å². The Morgan fingerprint density at radius 3 is 2.40 bits per heavy atom. The topological polar surface area (TPSA) is 84.6 Å². The summed E-state index contributed by atoms with van der Waals surface area (Å²) in [7, 11) is -3.97. The Morgan fingerprint density at radius 2 is 1.85 bits per heavy atom. The third kappa shape index (κ3) is 2.85. The van der Waals surface area contributed by atoms with Gasteiger partial charge >= 0.3 is 5.97 Å². The van der Waals surface area contributed by atoms with Crippen molar-refractivity contribution < 1.29 is 31.5 Å². The van der Waals surface area contributed by atoms with Gasteiger partial charge in [-0.05, 0) is 29.8 Å². The predicted octanol–water partition coefficient (Wildman–Crippen LogP) is 2.23. The average Bonchev–Trinajstić information content (AvgIpc) is 2.84. The van der Waals surface area contributed by atoms with Gasteiger partial charge in [-0.3, -0.25) is 0 Å². The molecule has 0 saturated heterocycles. The van der Waals surface area contributed by atoms with E-state index in [4.69, 9.17) is 5.11 Å². The Morgan fingerprint density at radius 1 is 1.15 bits per heavy atom. The Kier molecular flexibility index (Phi) is 3.58. The SMILES string of the molecule is O=C(O)c1ccc(S(=O)(=O)Cc2ccc(F)c(F)c2)o1. The van der Waals surface area contributed by atoms with Gasteiger partial charge in [0.05, 0.1) is 5.75 Å². The fraction of sp³-hybridized carbons (Fsp3) is 0.0833. The van der Waals surface area contributed by atoms with Gasteiger partial charge in [0.15, 0.2) is 11.6 Å². The van der Waals surface area contributed by atoms with Crippen molar-refractivity contribution in [3.63, 3.8) is 0 Å². The molecule has 106 valence electrons. The first-order valence-electron chi connectivity index (χ1n) is 5.29. The summed E-state index contributed by atoms with van der Waals surface area (Å²) in [5.41, 5.74) is 0.0252. The van der Waals surface area contributed by atoms with Crippen molar-refractivity contribution >= 4 is 15.8 Å². The van der Waals surface area contributed by atoms with Gasteiger partial charge in [-0.2, -0.15) is 0 Å². The van der Waals surface area contributed by atoms with Crippen LogP contribution in [0.2, 0.25) is 0 Å².